The van der Waals surface area contributed by atoms with Crippen LogP contribution in [0.5, 0.6) is 5.88 Å². The summed E-state index contributed by atoms with van der Waals surface area (Å²) in [6.45, 7) is 0.501. The van der Waals surface area contributed by atoms with E-state index in [2.05, 4.69) is 20.5 Å². The minimum absolute atomic E-state index is 0.0519. The molecule has 3 fully saturated rings. The van der Waals surface area contributed by atoms with Crippen LogP contribution in [0.15, 0.2) is 18.3 Å². The smallest absolute Gasteiger partial charge is 0.404 e. The molecule has 13 heteroatoms. The van der Waals surface area contributed by atoms with Crippen molar-refractivity contribution < 1.29 is 31.9 Å². The van der Waals surface area contributed by atoms with Crippen LogP contribution >= 0.6 is 0 Å². The molecule has 38 heavy (non-hydrogen) atoms. The minimum Gasteiger partial charge on any atom is -0.481 e. The third-order valence-electron chi connectivity index (χ3n) is 8.02. The number of halogens is 4. The molecular formula is C25H30F4N6O3. The van der Waals surface area contributed by atoms with Crippen molar-refractivity contribution >= 4 is 11.8 Å². The van der Waals surface area contributed by atoms with E-state index in [9.17, 15) is 27.2 Å². The number of hydrogen-bond donors (Lipinski definition) is 2. The first-order valence-electron chi connectivity index (χ1n) is 12.7. The first-order valence-corrected chi connectivity index (χ1v) is 12.7. The summed E-state index contributed by atoms with van der Waals surface area (Å²) in [7, 11) is 2.85. The number of aromatic nitrogens is 3. The van der Waals surface area contributed by atoms with Crippen LogP contribution < -0.4 is 10.1 Å². The van der Waals surface area contributed by atoms with Crippen molar-refractivity contribution in [3.63, 3.8) is 0 Å². The highest BCUT2D eigenvalue weighted by molar-refractivity contribution is 5.94. The van der Waals surface area contributed by atoms with Gasteiger partial charge in [-0.25, -0.2) is 9.37 Å². The van der Waals surface area contributed by atoms with Crippen molar-refractivity contribution in [2.45, 2.75) is 62.3 Å². The predicted octanol–water partition coefficient (Wildman–Crippen LogP) is 3.15. The normalized spacial score (nSPS) is 25.3. The summed E-state index contributed by atoms with van der Waals surface area (Å²) >= 11 is 0. The van der Waals surface area contributed by atoms with Crippen LogP contribution in [0.25, 0.3) is 11.3 Å². The molecule has 1 aliphatic carbocycles. The van der Waals surface area contributed by atoms with E-state index in [1.165, 1.54) is 31.2 Å². The number of rotatable bonds is 5. The van der Waals surface area contributed by atoms with E-state index >= 15 is 0 Å². The van der Waals surface area contributed by atoms with Gasteiger partial charge < -0.3 is 15.0 Å². The van der Waals surface area contributed by atoms with Gasteiger partial charge in [0.2, 0.25) is 11.8 Å². The second-order valence-electron chi connectivity index (χ2n) is 10.5. The molecule has 3 atom stereocenters. The van der Waals surface area contributed by atoms with Gasteiger partial charge in [0.05, 0.1) is 19.0 Å². The maximum absolute atomic E-state index is 14.3. The molecular weight excluding hydrogens is 508 g/mol. The van der Waals surface area contributed by atoms with Crippen molar-refractivity contribution in [3.05, 3.63) is 29.8 Å². The number of piperidine rings is 2. The third-order valence-corrected chi connectivity index (χ3v) is 8.02. The van der Waals surface area contributed by atoms with Gasteiger partial charge >= 0.3 is 6.18 Å². The number of hydrogen-bond acceptors (Lipinski definition) is 6. The molecule has 3 aliphatic rings. The average Bonchev–Trinajstić information content (AvgIpc) is 3.44. The Kier molecular flexibility index (Phi) is 6.82. The lowest BCUT2D eigenvalue weighted by Crippen LogP contribution is -2.56. The Hall–Kier alpha value is -3.22. The zero-order valence-electron chi connectivity index (χ0n) is 21.1. The second-order valence-corrected chi connectivity index (χ2v) is 10.5. The zero-order valence-corrected chi connectivity index (χ0v) is 21.1. The molecule has 1 spiro atoms. The number of amides is 2. The molecule has 2 N–H and O–H groups in total. The molecule has 2 aliphatic heterocycles. The van der Waals surface area contributed by atoms with Crippen molar-refractivity contribution in [2.24, 2.45) is 5.92 Å². The molecule has 1 saturated carbocycles. The summed E-state index contributed by atoms with van der Waals surface area (Å²) < 4.78 is 58.8. The molecule has 2 aromatic heterocycles. The molecule has 0 aromatic carbocycles. The summed E-state index contributed by atoms with van der Waals surface area (Å²) in [5.74, 6) is -1.15. The van der Waals surface area contributed by atoms with Crippen LogP contribution in [0, 0.1) is 11.7 Å². The quantitative estimate of drug-likeness (QED) is 0.567. The number of carbonyl (C=O) groups excluding carboxylic acids is 2. The largest absolute Gasteiger partial charge is 0.481 e. The van der Waals surface area contributed by atoms with Gasteiger partial charge in [-0.15, -0.1) is 0 Å². The number of carbonyl (C=O) groups is 2. The lowest BCUT2D eigenvalue weighted by atomic mass is 9.87. The van der Waals surface area contributed by atoms with E-state index in [-0.39, 0.29) is 60.3 Å². The highest BCUT2D eigenvalue weighted by Gasteiger charge is 2.55. The van der Waals surface area contributed by atoms with Gasteiger partial charge in [-0.05, 0) is 51.6 Å². The summed E-state index contributed by atoms with van der Waals surface area (Å²) in [6, 6.07) is 1.08. The first-order chi connectivity index (χ1) is 18.0. The molecule has 9 nitrogen and oxygen atoms in total. The molecule has 4 heterocycles. The van der Waals surface area contributed by atoms with Gasteiger partial charge in [-0.3, -0.25) is 19.6 Å². The molecule has 2 amide bonds. The van der Waals surface area contributed by atoms with E-state index in [4.69, 9.17) is 4.74 Å². The Morgan fingerprint density at radius 2 is 1.97 bits per heavy atom. The Labute approximate surface area is 216 Å². The number of nitrogens with one attached hydrogen (secondary N) is 2. The Balaban J connectivity index is 1.21. The van der Waals surface area contributed by atoms with Gasteiger partial charge in [0.15, 0.2) is 11.5 Å². The third kappa shape index (κ3) is 5.07. The van der Waals surface area contributed by atoms with E-state index in [1.54, 1.807) is 4.90 Å². The van der Waals surface area contributed by atoms with Crippen LogP contribution in [0.4, 0.5) is 17.6 Å². The molecule has 0 unspecified atom stereocenters. The number of alkyl halides is 3. The zero-order chi connectivity index (χ0) is 27.2. The van der Waals surface area contributed by atoms with Crippen molar-refractivity contribution in [2.75, 3.05) is 27.2 Å². The number of nitrogens with zero attached hydrogens (tertiary/aromatic N) is 4. The summed E-state index contributed by atoms with van der Waals surface area (Å²) in [5, 5.41) is 9.77. The second kappa shape index (κ2) is 9.83. The molecule has 0 radical (unpaired) electrons. The highest BCUT2D eigenvalue weighted by Crippen LogP contribution is 2.50. The lowest BCUT2D eigenvalue weighted by Gasteiger charge is -2.41. The fourth-order valence-corrected chi connectivity index (χ4v) is 5.79. The van der Waals surface area contributed by atoms with Crippen LogP contribution in [-0.2, 0) is 4.79 Å². The maximum Gasteiger partial charge on any atom is 0.404 e. The molecule has 0 bridgehead atoms. The van der Waals surface area contributed by atoms with Crippen molar-refractivity contribution in [3.8, 4) is 17.1 Å². The first kappa shape index (κ1) is 26.4. The SMILES string of the molecule is COc1cc(-c2cc(C(=O)N3CC[C@H](C(=O)N[C@@H]4CC[C@H](C(F)(F)F)N(C)C4)CC34CC4)n[nH]2)c(F)cn1. The van der Waals surface area contributed by atoms with Crippen LogP contribution in [0.2, 0.25) is 0 Å². The number of likely N-dealkylation sites (tertiary alicyclic amines) is 2. The van der Waals surface area contributed by atoms with Gasteiger partial charge in [0.25, 0.3) is 5.91 Å². The van der Waals surface area contributed by atoms with E-state index in [0.29, 0.717) is 25.1 Å². The van der Waals surface area contributed by atoms with Crippen LogP contribution in [0.3, 0.4) is 0 Å². The summed E-state index contributed by atoms with van der Waals surface area (Å²) in [6.07, 6.45) is -0.573. The predicted molar refractivity (Wildman–Crippen MR) is 128 cm³/mol. The number of aromatic amines is 1. The number of ether oxygens (including phenoxy) is 1. The number of methoxy groups -OCH3 is 1. The number of H-pyrrole nitrogens is 1. The lowest BCUT2D eigenvalue weighted by molar-refractivity contribution is -0.188. The van der Waals surface area contributed by atoms with E-state index < -0.39 is 23.6 Å². The molecule has 206 valence electrons. The van der Waals surface area contributed by atoms with Crippen LogP contribution in [-0.4, -0.2) is 87.8 Å². The number of likely N-dealkylation sites (N-methyl/N-ethyl adjacent to an activating group) is 1. The maximum atomic E-state index is 14.3. The Morgan fingerprint density at radius 1 is 1.21 bits per heavy atom. The molecule has 2 saturated heterocycles. The molecule has 2 aromatic rings. The van der Waals surface area contributed by atoms with Gasteiger partial charge in [-0.1, -0.05) is 0 Å². The Bertz CT molecular complexity index is 1210. The van der Waals surface area contributed by atoms with Crippen LogP contribution in [0.1, 0.15) is 49.0 Å². The Morgan fingerprint density at radius 3 is 2.63 bits per heavy atom. The van der Waals surface area contributed by atoms with Crippen molar-refractivity contribution in [1.82, 2.24) is 30.3 Å². The van der Waals surface area contributed by atoms with Gasteiger partial charge in [-0.2, -0.15) is 18.3 Å². The topological polar surface area (TPSA) is 103 Å². The van der Waals surface area contributed by atoms with E-state index in [0.717, 1.165) is 19.0 Å². The van der Waals surface area contributed by atoms with Crippen molar-refractivity contribution in [1.29, 1.82) is 0 Å². The summed E-state index contributed by atoms with van der Waals surface area (Å²) in [5.41, 5.74) is 0.200. The van der Waals surface area contributed by atoms with Gasteiger partial charge in [0, 0.05) is 42.2 Å². The van der Waals surface area contributed by atoms with E-state index in [1.807, 2.05) is 0 Å². The van der Waals surface area contributed by atoms with Gasteiger partial charge in [0.1, 0.15) is 6.04 Å². The number of pyridine rings is 1. The standard InChI is InChI=1S/C25H30F4N6O3/c1-34-13-15(3-4-20(34)25(27,28)29)31-22(36)14-5-8-35(24(11-14)6-7-24)23(37)19-10-18(32-33-19)16-9-21(38-2)30-12-17(16)26/h9-10,12,14-15,20H,3-8,11,13H2,1-2H3,(H,31,36)(H,32,33)/t14-,15+,20+/m0/s1. The fraction of sp³-hybridized carbons (Fsp3) is 0.600. The molecule has 5 rings (SSSR count). The monoisotopic (exact) mass is 538 g/mol. The summed E-state index contributed by atoms with van der Waals surface area (Å²) in [4.78, 5) is 33.2. The highest BCUT2D eigenvalue weighted by atomic mass is 19.4. The fourth-order valence-electron chi connectivity index (χ4n) is 5.79. The average molecular weight is 539 g/mol. The minimum atomic E-state index is -4.28.